The molecule has 1 aliphatic carbocycles. The maximum absolute atomic E-state index is 13.6. The standard InChI is InChI=1S/C18H23FN2O2/c1-23-16-12-21(15-4-2-3-14(19)11-15)18(16)7-9-20(10-8-18)17(22)13-5-6-13/h2-4,11,13,16H,5-10,12H2,1H3. The maximum atomic E-state index is 13.6. The molecule has 0 aromatic heterocycles. The summed E-state index contributed by atoms with van der Waals surface area (Å²) in [7, 11) is 1.75. The molecule has 2 saturated heterocycles. The Hall–Kier alpha value is -1.62. The second kappa shape index (κ2) is 5.48. The quantitative estimate of drug-likeness (QED) is 0.858. The lowest BCUT2D eigenvalue weighted by molar-refractivity contribution is -0.136. The predicted octanol–water partition coefficient (Wildman–Crippen LogP) is 2.43. The summed E-state index contributed by atoms with van der Waals surface area (Å²) in [5.41, 5.74) is 0.823. The van der Waals surface area contributed by atoms with Gasteiger partial charge in [0, 0.05) is 38.3 Å². The van der Waals surface area contributed by atoms with Crippen LogP contribution < -0.4 is 4.90 Å². The maximum Gasteiger partial charge on any atom is 0.225 e. The fourth-order valence-corrected chi connectivity index (χ4v) is 4.17. The summed E-state index contributed by atoms with van der Waals surface area (Å²) < 4.78 is 19.3. The van der Waals surface area contributed by atoms with Crippen molar-refractivity contribution in [3.8, 4) is 0 Å². The van der Waals surface area contributed by atoms with Crippen molar-refractivity contribution in [2.45, 2.75) is 37.3 Å². The number of rotatable bonds is 3. The largest absolute Gasteiger partial charge is 0.377 e. The first-order valence-electron chi connectivity index (χ1n) is 8.49. The zero-order chi connectivity index (χ0) is 16.0. The van der Waals surface area contributed by atoms with E-state index in [9.17, 15) is 9.18 Å². The zero-order valence-electron chi connectivity index (χ0n) is 13.5. The smallest absolute Gasteiger partial charge is 0.225 e. The molecule has 1 saturated carbocycles. The van der Waals surface area contributed by atoms with Crippen molar-refractivity contribution in [1.29, 1.82) is 0 Å². The van der Waals surface area contributed by atoms with Crippen molar-refractivity contribution >= 4 is 11.6 Å². The first kappa shape index (κ1) is 14.9. The predicted molar refractivity (Wildman–Crippen MR) is 85.8 cm³/mol. The summed E-state index contributed by atoms with van der Waals surface area (Å²) in [6.07, 6.45) is 4.04. The summed E-state index contributed by atoms with van der Waals surface area (Å²) in [6.45, 7) is 2.35. The Kier molecular flexibility index (Phi) is 3.56. The van der Waals surface area contributed by atoms with Crippen LogP contribution in [0.25, 0.3) is 0 Å². The van der Waals surface area contributed by atoms with Crippen molar-refractivity contribution in [1.82, 2.24) is 4.90 Å². The lowest BCUT2D eigenvalue weighted by Gasteiger charge is -2.61. The van der Waals surface area contributed by atoms with Crippen LogP contribution >= 0.6 is 0 Å². The molecule has 1 spiro atoms. The Morgan fingerprint density at radius 1 is 1.30 bits per heavy atom. The minimum atomic E-state index is -0.208. The minimum Gasteiger partial charge on any atom is -0.377 e. The van der Waals surface area contributed by atoms with E-state index in [4.69, 9.17) is 4.74 Å². The van der Waals surface area contributed by atoms with Gasteiger partial charge in [-0.25, -0.2) is 4.39 Å². The van der Waals surface area contributed by atoms with Crippen molar-refractivity contribution in [3.05, 3.63) is 30.1 Å². The average Bonchev–Trinajstić information content (AvgIpc) is 3.39. The van der Waals surface area contributed by atoms with Gasteiger partial charge in [-0.3, -0.25) is 4.79 Å². The minimum absolute atomic E-state index is 0.0944. The van der Waals surface area contributed by atoms with Gasteiger partial charge in [-0.1, -0.05) is 6.07 Å². The number of ether oxygens (including phenoxy) is 1. The van der Waals surface area contributed by atoms with Crippen LogP contribution in [-0.2, 0) is 9.53 Å². The topological polar surface area (TPSA) is 32.8 Å². The SMILES string of the molecule is COC1CN(c2cccc(F)c2)C12CCN(C(=O)C1CC1)CC2. The molecule has 1 aromatic rings. The number of anilines is 1. The molecule has 5 heteroatoms. The van der Waals surface area contributed by atoms with Gasteiger partial charge in [-0.05, 0) is 43.9 Å². The number of methoxy groups -OCH3 is 1. The molecule has 1 amide bonds. The molecule has 0 bridgehead atoms. The lowest BCUT2D eigenvalue weighted by Crippen LogP contribution is -2.74. The summed E-state index contributed by atoms with van der Waals surface area (Å²) >= 11 is 0. The Bertz CT molecular complexity index is 609. The molecule has 1 aromatic carbocycles. The Morgan fingerprint density at radius 3 is 2.65 bits per heavy atom. The third kappa shape index (κ3) is 2.42. The van der Waals surface area contributed by atoms with Gasteiger partial charge in [0.2, 0.25) is 5.91 Å². The number of piperidine rings is 1. The molecule has 2 aliphatic heterocycles. The van der Waals surface area contributed by atoms with Gasteiger partial charge in [0.1, 0.15) is 5.82 Å². The van der Waals surface area contributed by atoms with Gasteiger partial charge in [0.25, 0.3) is 0 Å². The summed E-state index contributed by atoms with van der Waals surface area (Å²) in [5, 5.41) is 0. The molecular formula is C18H23FN2O2. The van der Waals surface area contributed by atoms with Crippen LogP contribution in [0, 0.1) is 11.7 Å². The Morgan fingerprint density at radius 2 is 2.04 bits per heavy atom. The van der Waals surface area contributed by atoms with Crippen LogP contribution in [-0.4, -0.2) is 49.2 Å². The van der Waals surface area contributed by atoms with Gasteiger partial charge in [-0.2, -0.15) is 0 Å². The van der Waals surface area contributed by atoms with E-state index in [1.165, 1.54) is 6.07 Å². The highest BCUT2D eigenvalue weighted by atomic mass is 19.1. The highest BCUT2D eigenvalue weighted by molar-refractivity contribution is 5.81. The van der Waals surface area contributed by atoms with E-state index in [1.54, 1.807) is 19.2 Å². The fraction of sp³-hybridized carbons (Fsp3) is 0.611. The second-order valence-corrected chi connectivity index (χ2v) is 7.02. The summed E-state index contributed by atoms with van der Waals surface area (Å²) in [6, 6.07) is 6.78. The van der Waals surface area contributed by atoms with E-state index in [0.717, 1.165) is 51.0 Å². The molecule has 1 atom stereocenters. The Balaban J connectivity index is 1.51. The normalized spacial score (nSPS) is 26.3. The molecule has 0 N–H and O–H groups in total. The molecule has 0 radical (unpaired) electrons. The van der Waals surface area contributed by atoms with Gasteiger partial charge in [0.05, 0.1) is 11.6 Å². The molecule has 124 valence electrons. The van der Waals surface area contributed by atoms with E-state index < -0.39 is 0 Å². The van der Waals surface area contributed by atoms with Gasteiger partial charge < -0.3 is 14.5 Å². The van der Waals surface area contributed by atoms with E-state index in [1.807, 2.05) is 11.0 Å². The number of nitrogens with zero attached hydrogens (tertiary/aromatic N) is 2. The molecule has 3 fully saturated rings. The zero-order valence-corrected chi connectivity index (χ0v) is 13.5. The number of carbonyl (C=O) groups is 1. The van der Waals surface area contributed by atoms with Crippen LogP contribution in [0.3, 0.4) is 0 Å². The molecule has 23 heavy (non-hydrogen) atoms. The van der Waals surface area contributed by atoms with Crippen LogP contribution in [0.5, 0.6) is 0 Å². The van der Waals surface area contributed by atoms with Crippen molar-refractivity contribution in [3.63, 3.8) is 0 Å². The lowest BCUT2D eigenvalue weighted by atomic mass is 9.73. The first-order valence-corrected chi connectivity index (χ1v) is 8.49. The number of hydrogen-bond acceptors (Lipinski definition) is 3. The molecule has 4 rings (SSSR count). The van der Waals surface area contributed by atoms with Crippen molar-refractivity contribution < 1.29 is 13.9 Å². The number of hydrogen-bond donors (Lipinski definition) is 0. The molecule has 4 nitrogen and oxygen atoms in total. The van der Waals surface area contributed by atoms with Crippen LogP contribution in [0.15, 0.2) is 24.3 Å². The second-order valence-electron chi connectivity index (χ2n) is 7.02. The summed E-state index contributed by atoms with van der Waals surface area (Å²) in [5.74, 6) is 0.397. The number of amides is 1. The number of carbonyl (C=O) groups excluding carboxylic acids is 1. The van der Waals surface area contributed by atoms with Crippen LogP contribution in [0.4, 0.5) is 10.1 Å². The monoisotopic (exact) mass is 318 g/mol. The van der Waals surface area contributed by atoms with Gasteiger partial charge >= 0.3 is 0 Å². The highest BCUT2D eigenvalue weighted by Crippen LogP contribution is 2.45. The van der Waals surface area contributed by atoms with Crippen molar-refractivity contribution in [2.75, 3.05) is 31.6 Å². The molecule has 1 unspecified atom stereocenters. The van der Waals surface area contributed by atoms with E-state index in [-0.39, 0.29) is 23.4 Å². The molecular weight excluding hydrogens is 295 g/mol. The van der Waals surface area contributed by atoms with Crippen LogP contribution in [0.2, 0.25) is 0 Å². The average molecular weight is 318 g/mol. The van der Waals surface area contributed by atoms with E-state index >= 15 is 0 Å². The van der Waals surface area contributed by atoms with Crippen LogP contribution in [0.1, 0.15) is 25.7 Å². The van der Waals surface area contributed by atoms with E-state index in [0.29, 0.717) is 5.91 Å². The first-order chi connectivity index (χ1) is 11.1. The van der Waals surface area contributed by atoms with Gasteiger partial charge in [-0.15, -0.1) is 0 Å². The molecule has 2 heterocycles. The fourth-order valence-electron chi connectivity index (χ4n) is 4.17. The van der Waals surface area contributed by atoms with Gasteiger partial charge in [0.15, 0.2) is 0 Å². The van der Waals surface area contributed by atoms with E-state index in [2.05, 4.69) is 4.90 Å². The number of benzene rings is 1. The summed E-state index contributed by atoms with van der Waals surface area (Å²) in [4.78, 5) is 16.5. The number of likely N-dealkylation sites (tertiary alicyclic amines) is 1. The third-order valence-electron chi connectivity index (χ3n) is 5.76. The molecule has 3 aliphatic rings. The van der Waals surface area contributed by atoms with Crippen molar-refractivity contribution in [2.24, 2.45) is 5.92 Å². The highest BCUT2D eigenvalue weighted by Gasteiger charge is 2.55. The Labute approximate surface area is 136 Å². The number of halogens is 1. The third-order valence-corrected chi connectivity index (χ3v) is 5.76.